The van der Waals surface area contributed by atoms with Gasteiger partial charge in [-0.3, -0.25) is 4.79 Å². The maximum absolute atomic E-state index is 12.9. The summed E-state index contributed by atoms with van der Waals surface area (Å²) in [5.41, 5.74) is 0.468. The van der Waals surface area contributed by atoms with Gasteiger partial charge in [-0.25, -0.2) is 9.78 Å². The van der Waals surface area contributed by atoms with Gasteiger partial charge in [-0.2, -0.15) is 13.2 Å². The average Bonchev–Trinajstić information content (AvgIpc) is 3.25. The van der Waals surface area contributed by atoms with Crippen LogP contribution in [0.15, 0.2) is 12.4 Å². The van der Waals surface area contributed by atoms with E-state index in [1.807, 2.05) is 24.2 Å². The van der Waals surface area contributed by atoms with Gasteiger partial charge < -0.3 is 19.5 Å². The Hall–Kier alpha value is -2.54. The molecule has 31 heavy (non-hydrogen) atoms. The van der Waals surface area contributed by atoms with Crippen molar-refractivity contribution in [2.75, 3.05) is 20.1 Å². The maximum atomic E-state index is 12.9. The normalized spacial score (nSPS) is 16.5. The van der Waals surface area contributed by atoms with Crippen LogP contribution in [0.1, 0.15) is 35.0 Å². The molecule has 9 nitrogen and oxygen atoms in total. The van der Waals surface area contributed by atoms with Crippen LogP contribution in [0.4, 0.5) is 13.2 Å². The average molecular weight is 462 g/mol. The number of carboxylic acid groups (broad SMARTS) is 1. The molecule has 3 heterocycles. The van der Waals surface area contributed by atoms with Gasteiger partial charge in [-0.15, -0.1) is 5.10 Å². The van der Waals surface area contributed by atoms with E-state index in [1.54, 1.807) is 0 Å². The predicted octanol–water partition coefficient (Wildman–Crippen LogP) is 2.29. The van der Waals surface area contributed by atoms with E-state index in [0.717, 1.165) is 23.8 Å². The summed E-state index contributed by atoms with van der Waals surface area (Å²) in [5.74, 6) is -1.52. The van der Waals surface area contributed by atoms with Crippen LogP contribution in [-0.4, -0.2) is 78.3 Å². The SMILES string of the molecule is Cc1snnc1C(=O)N1Cc2nccn2CC(CN(C)C(C)C)C1.O=C(O)C(F)(F)F. The van der Waals surface area contributed by atoms with Gasteiger partial charge in [0.2, 0.25) is 0 Å². The molecule has 0 bridgehead atoms. The number of carbonyl (C=O) groups is 2. The highest BCUT2D eigenvalue weighted by Crippen LogP contribution is 2.20. The summed E-state index contributed by atoms with van der Waals surface area (Å²) in [7, 11) is 2.13. The van der Waals surface area contributed by atoms with Crippen molar-refractivity contribution in [2.24, 2.45) is 5.92 Å². The number of rotatable bonds is 4. The molecule has 0 spiro atoms. The topological polar surface area (TPSA) is 104 Å². The molecule has 0 aliphatic carbocycles. The highest BCUT2D eigenvalue weighted by atomic mass is 32.1. The molecule has 172 valence electrons. The predicted molar refractivity (Wildman–Crippen MR) is 107 cm³/mol. The summed E-state index contributed by atoms with van der Waals surface area (Å²) in [6.07, 6.45) is -1.27. The highest BCUT2D eigenvalue weighted by Gasteiger charge is 2.38. The zero-order chi connectivity index (χ0) is 23.3. The van der Waals surface area contributed by atoms with E-state index < -0.39 is 12.1 Å². The summed E-state index contributed by atoms with van der Waals surface area (Å²) in [4.78, 5) is 31.3. The van der Waals surface area contributed by atoms with E-state index in [9.17, 15) is 18.0 Å². The lowest BCUT2D eigenvalue weighted by Crippen LogP contribution is -2.40. The number of aryl methyl sites for hydroxylation is 1. The maximum Gasteiger partial charge on any atom is 0.490 e. The van der Waals surface area contributed by atoms with Crippen LogP contribution in [0.2, 0.25) is 0 Å². The fourth-order valence-electron chi connectivity index (χ4n) is 3.01. The number of amides is 1. The Morgan fingerprint density at radius 1 is 1.35 bits per heavy atom. The van der Waals surface area contributed by atoms with Crippen LogP contribution in [0, 0.1) is 12.8 Å². The molecule has 13 heteroatoms. The standard InChI is InChI=1S/C16H24N6OS.C2HF3O2/c1-11(2)20(4)7-13-8-21-6-5-17-14(21)10-22(9-13)16(23)15-12(3)24-19-18-15;3-2(4,5)1(6)7/h5-6,11,13H,7-10H2,1-4H3;(H,6,7). The molecule has 3 rings (SSSR count). The smallest absolute Gasteiger partial charge is 0.475 e. The van der Waals surface area contributed by atoms with Gasteiger partial charge in [0.15, 0.2) is 5.69 Å². The molecule has 0 radical (unpaired) electrons. The van der Waals surface area contributed by atoms with Gasteiger partial charge in [0.05, 0.1) is 11.4 Å². The number of hydrogen-bond acceptors (Lipinski definition) is 7. The van der Waals surface area contributed by atoms with Crippen molar-refractivity contribution in [3.05, 3.63) is 28.8 Å². The van der Waals surface area contributed by atoms with Gasteiger partial charge in [0.25, 0.3) is 5.91 Å². The number of nitrogens with zero attached hydrogens (tertiary/aromatic N) is 6. The first kappa shape index (κ1) is 24.7. The largest absolute Gasteiger partial charge is 0.490 e. The van der Waals surface area contributed by atoms with Crippen LogP contribution in [0.5, 0.6) is 0 Å². The molecule has 1 aliphatic heterocycles. The third kappa shape index (κ3) is 6.72. The monoisotopic (exact) mass is 462 g/mol. The van der Waals surface area contributed by atoms with E-state index in [1.165, 1.54) is 11.5 Å². The van der Waals surface area contributed by atoms with Crippen LogP contribution in [-0.2, 0) is 17.9 Å². The van der Waals surface area contributed by atoms with E-state index >= 15 is 0 Å². The number of hydrogen-bond donors (Lipinski definition) is 1. The number of aromatic nitrogens is 4. The molecular formula is C18H25F3N6O3S. The Labute approximate surface area is 181 Å². The molecule has 1 amide bonds. The first-order valence-corrected chi connectivity index (χ1v) is 10.3. The Kier molecular flexibility index (Phi) is 8.12. The molecule has 1 atom stereocenters. The summed E-state index contributed by atoms with van der Waals surface area (Å²) >= 11 is 1.27. The number of halogens is 3. The van der Waals surface area contributed by atoms with Crippen LogP contribution >= 0.6 is 11.5 Å². The zero-order valence-corrected chi connectivity index (χ0v) is 18.4. The van der Waals surface area contributed by atoms with E-state index in [0.29, 0.717) is 30.7 Å². The molecule has 0 fully saturated rings. The van der Waals surface area contributed by atoms with Crippen molar-refractivity contribution in [1.82, 2.24) is 28.9 Å². The molecule has 2 aromatic rings. The van der Waals surface area contributed by atoms with Crippen molar-refractivity contribution in [3.63, 3.8) is 0 Å². The van der Waals surface area contributed by atoms with Crippen LogP contribution in [0.25, 0.3) is 0 Å². The Morgan fingerprint density at radius 3 is 2.52 bits per heavy atom. The fraction of sp³-hybridized carbons (Fsp3) is 0.611. The lowest BCUT2D eigenvalue weighted by molar-refractivity contribution is -0.192. The van der Waals surface area contributed by atoms with Gasteiger partial charge in [-0.1, -0.05) is 4.49 Å². The van der Waals surface area contributed by atoms with Gasteiger partial charge >= 0.3 is 12.1 Å². The summed E-state index contributed by atoms with van der Waals surface area (Å²) in [6, 6.07) is 0.477. The van der Waals surface area contributed by atoms with E-state index in [-0.39, 0.29) is 5.91 Å². The number of carbonyl (C=O) groups excluding carboxylic acids is 1. The molecular weight excluding hydrogens is 437 g/mol. The van der Waals surface area contributed by atoms with E-state index in [2.05, 4.69) is 44.9 Å². The molecule has 2 aromatic heterocycles. The third-order valence-electron chi connectivity index (χ3n) is 4.88. The van der Waals surface area contributed by atoms with Gasteiger partial charge in [-0.05, 0) is 39.4 Å². The van der Waals surface area contributed by atoms with Gasteiger partial charge in [0.1, 0.15) is 5.82 Å². The Bertz CT molecular complexity index is 898. The Balaban J connectivity index is 0.000000423. The molecule has 1 N–H and O–H groups in total. The first-order valence-electron chi connectivity index (χ1n) is 9.48. The summed E-state index contributed by atoms with van der Waals surface area (Å²) in [6.45, 7) is 9.30. The summed E-state index contributed by atoms with van der Waals surface area (Å²) < 4.78 is 37.8. The number of imidazole rings is 1. The van der Waals surface area contributed by atoms with E-state index in [4.69, 9.17) is 9.90 Å². The second-order valence-corrected chi connectivity index (χ2v) is 8.52. The number of alkyl halides is 3. The number of carboxylic acids is 1. The quantitative estimate of drug-likeness (QED) is 0.743. The summed E-state index contributed by atoms with van der Waals surface area (Å²) in [5, 5.41) is 11.1. The van der Waals surface area contributed by atoms with Crippen molar-refractivity contribution in [3.8, 4) is 0 Å². The van der Waals surface area contributed by atoms with Crippen molar-refractivity contribution in [1.29, 1.82) is 0 Å². The van der Waals surface area contributed by atoms with Crippen LogP contribution in [0.3, 0.4) is 0 Å². The lowest BCUT2D eigenvalue weighted by atomic mass is 10.1. The highest BCUT2D eigenvalue weighted by molar-refractivity contribution is 7.05. The number of aliphatic carboxylic acids is 1. The minimum atomic E-state index is -5.08. The molecule has 0 aromatic carbocycles. The second-order valence-electron chi connectivity index (χ2n) is 7.56. The fourth-order valence-corrected chi connectivity index (χ4v) is 3.47. The molecule has 0 saturated heterocycles. The third-order valence-corrected chi connectivity index (χ3v) is 5.51. The minimum Gasteiger partial charge on any atom is -0.475 e. The second kappa shape index (κ2) is 10.2. The number of fused-ring (bicyclic) bond motifs is 1. The first-order chi connectivity index (χ1) is 14.4. The van der Waals surface area contributed by atoms with Crippen molar-refractivity contribution in [2.45, 2.75) is 46.1 Å². The lowest BCUT2D eigenvalue weighted by Gasteiger charge is -2.29. The van der Waals surface area contributed by atoms with Gasteiger partial charge in [0, 0.05) is 44.0 Å². The zero-order valence-electron chi connectivity index (χ0n) is 17.6. The van der Waals surface area contributed by atoms with Crippen LogP contribution < -0.4 is 0 Å². The molecule has 0 saturated carbocycles. The van der Waals surface area contributed by atoms with Crippen molar-refractivity contribution < 1.29 is 27.9 Å². The Morgan fingerprint density at radius 2 is 2.00 bits per heavy atom. The van der Waals surface area contributed by atoms with Crippen molar-refractivity contribution >= 4 is 23.4 Å². The molecule has 1 aliphatic rings. The molecule has 1 unspecified atom stereocenters. The minimum absolute atomic E-state index is 0.0464.